The Morgan fingerprint density at radius 2 is 1.86 bits per heavy atom. The van der Waals surface area contributed by atoms with E-state index >= 15 is 0 Å². The van der Waals surface area contributed by atoms with Gasteiger partial charge in [-0.25, -0.2) is 0 Å². The molecule has 1 aromatic heterocycles. The van der Waals surface area contributed by atoms with Crippen molar-refractivity contribution >= 4 is 34.4 Å². The highest BCUT2D eigenvalue weighted by Gasteiger charge is 2.23. The Morgan fingerprint density at radius 1 is 1.23 bits per heavy atom. The molecule has 3 N–H and O–H groups in total. The number of phenolic OH excluding ortho intramolecular Hbond substituents is 1. The second-order valence-corrected chi connectivity index (χ2v) is 4.89. The van der Waals surface area contributed by atoms with Crippen molar-refractivity contribution in [3.05, 3.63) is 35.5 Å². The van der Waals surface area contributed by atoms with Gasteiger partial charge in [-0.1, -0.05) is 24.9 Å². The van der Waals surface area contributed by atoms with Crippen LogP contribution in [0.15, 0.2) is 30.5 Å². The molecule has 0 saturated heterocycles. The molecule has 1 aromatic carbocycles. The van der Waals surface area contributed by atoms with Gasteiger partial charge in [0.15, 0.2) is 5.92 Å². The first-order chi connectivity index (χ1) is 10.4. The summed E-state index contributed by atoms with van der Waals surface area (Å²) >= 11 is 5.88. The van der Waals surface area contributed by atoms with Crippen molar-refractivity contribution in [1.29, 1.82) is 0 Å². The lowest BCUT2D eigenvalue weighted by atomic mass is 10.1. The Bertz CT molecular complexity index is 620. The summed E-state index contributed by atoms with van der Waals surface area (Å²) in [5.41, 5.74) is 0.546. The van der Waals surface area contributed by atoms with Crippen LogP contribution in [0.2, 0.25) is 5.02 Å². The Hall–Kier alpha value is -2.34. The van der Waals surface area contributed by atoms with Gasteiger partial charge in [-0.3, -0.25) is 14.6 Å². The van der Waals surface area contributed by atoms with Crippen molar-refractivity contribution in [2.75, 3.05) is 0 Å². The first-order valence-electron chi connectivity index (χ1n) is 6.56. The monoisotopic (exact) mass is 325 g/mol. The van der Waals surface area contributed by atoms with Gasteiger partial charge in [-0.15, -0.1) is 0 Å². The molecule has 118 valence electrons. The van der Waals surface area contributed by atoms with Gasteiger partial charge >= 0.3 is 11.9 Å². The van der Waals surface area contributed by atoms with Crippen LogP contribution in [-0.2, 0) is 9.59 Å². The number of aromatic hydroxyl groups is 1. The highest BCUT2D eigenvalue weighted by molar-refractivity contribution is 6.35. The number of aliphatic carboxylic acids is 2. The third-order valence-corrected chi connectivity index (χ3v) is 3.20. The minimum absolute atomic E-state index is 0.162. The summed E-state index contributed by atoms with van der Waals surface area (Å²) in [6, 6.07) is 6.80. The number of benzene rings is 1. The first-order valence-corrected chi connectivity index (χ1v) is 6.94. The predicted octanol–water partition coefficient (Wildman–Crippen LogP) is 3.17. The highest BCUT2D eigenvalue weighted by Crippen LogP contribution is 2.28. The first kappa shape index (κ1) is 17.7. The Kier molecular flexibility index (Phi) is 6.59. The summed E-state index contributed by atoms with van der Waals surface area (Å²) in [5, 5.41) is 27.3. The number of pyridine rings is 1. The molecule has 6 nitrogen and oxygen atoms in total. The average Bonchev–Trinajstić information content (AvgIpc) is 2.49. The van der Waals surface area contributed by atoms with Crippen molar-refractivity contribution in [3.8, 4) is 5.75 Å². The van der Waals surface area contributed by atoms with Crippen LogP contribution in [0.4, 0.5) is 0 Å². The second-order valence-electron chi connectivity index (χ2n) is 4.48. The Morgan fingerprint density at radius 3 is 2.32 bits per heavy atom. The van der Waals surface area contributed by atoms with Crippen molar-refractivity contribution in [2.45, 2.75) is 19.8 Å². The van der Waals surface area contributed by atoms with E-state index in [0.717, 1.165) is 5.39 Å². The number of carboxylic acid groups (broad SMARTS) is 2. The summed E-state index contributed by atoms with van der Waals surface area (Å²) in [4.78, 5) is 24.3. The van der Waals surface area contributed by atoms with E-state index in [4.69, 9.17) is 21.8 Å². The van der Waals surface area contributed by atoms with Crippen LogP contribution in [0.1, 0.15) is 19.8 Å². The molecule has 0 radical (unpaired) electrons. The van der Waals surface area contributed by atoms with E-state index in [9.17, 15) is 14.7 Å². The van der Waals surface area contributed by atoms with Crippen LogP contribution in [0, 0.1) is 5.92 Å². The van der Waals surface area contributed by atoms with Gasteiger partial charge in [0.05, 0.1) is 5.02 Å². The van der Waals surface area contributed by atoms with Crippen molar-refractivity contribution < 1.29 is 24.9 Å². The van der Waals surface area contributed by atoms with Crippen LogP contribution in [-0.4, -0.2) is 32.2 Å². The maximum absolute atomic E-state index is 10.2. The van der Waals surface area contributed by atoms with Gasteiger partial charge in [-0.2, -0.15) is 0 Å². The number of rotatable bonds is 4. The summed E-state index contributed by atoms with van der Waals surface area (Å²) in [6.45, 7) is 1.75. The molecule has 0 spiro atoms. The standard InChI is InChI=1S/C9H6ClNO.C6H10O4/c10-7-3-4-8(12)9-6(7)2-1-5-11-9;1-2-3-4(5(7)8)6(9)10/h1-5,12H;4H,2-3H2,1H3,(H,7,8)(H,9,10). The number of fused-ring (bicyclic) bond motifs is 1. The summed E-state index contributed by atoms with van der Waals surface area (Å²) in [6.07, 6.45) is 2.40. The number of nitrogens with zero attached hydrogens (tertiary/aromatic N) is 1. The van der Waals surface area contributed by atoms with Crippen LogP contribution in [0.5, 0.6) is 5.75 Å². The highest BCUT2D eigenvalue weighted by atomic mass is 35.5. The lowest BCUT2D eigenvalue weighted by Gasteiger charge is -2.02. The summed E-state index contributed by atoms with van der Waals surface area (Å²) in [5.74, 6) is -3.58. The summed E-state index contributed by atoms with van der Waals surface area (Å²) < 4.78 is 0. The summed E-state index contributed by atoms with van der Waals surface area (Å²) in [7, 11) is 0. The Balaban J connectivity index is 0.000000225. The van der Waals surface area contributed by atoms with Gasteiger partial charge in [0.2, 0.25) is 0 Å². The van der Waals surface area contributed by atoms with Gasteiger partial charge in [0.1, 0.15) is 11.3 Å². The molecule has 0 aliphatic rings. The smallest absolute Gasteiger partial charge is 0.317 e. The molecular weight excluding hydrogens is 310 g/mol. The van der Waals surface area contributed by atoms with Crippen LogP contribution in [0.3, 0.4) is 0 Å². The number of carboxylic acids is 2. The van der Waals surface area contributed by atoms with Gasteiger partial charge < -0.3 is 15.3 Å². The van der Waals surface area contributed by atoms with E-state index in [1.54, 1.807) is 25.3 Å². The molecule has 0 amide bonds. The molecule has 0 atom stereocenters. The molecule has 7 heteroatoms. The van der Waals surface area contributed by atoms with Gasteiger partial charge in [-0.05, 0) is 30.7 Å². The third-order valence-electron chi connectivity index (χ3n) is 2.87. The number of phenols is 1. The van der Waals surface area contributed by atoms with Gasteiger partial charge in [0.25, 0.3) is 0 Å². The zero-order valence-electron chi connectivity index (χ0n) is 11.9. The molecule has 2 rings (SSSR count). The molecule has 0 aliphatic heterocycles. The number of hydrogen-bond acceptors (Lipinski definition) is 4. The third kappa shape index (κ3) is 4.60. The van der Waals surface area contributed by atoms with Crippen molar-refractivity contribution in [1.82, 2.24) is 4.98 Å². The molecule has 1 heterocycles. The van der Waals surface area contributed by atoms with Crippen molar-refractivity contribution in [2.24, 2.45) is 5.92 Å². The molecule has 22 heavy (non-hydrogen) atoms. The number of hydrogen-bond donors (Lipinski definition) is 3. The molecule has 0 bridgehead atoms. The fraction of sp³-hybridized carbons (Fsp3) is 0.267. The van der Waals surface area contributed by atoms with E-state index in [2.05, 4.69) is 4.98 Å². The second kappa shape index (κ2) is 8.19. The lowest BCUT2D eigenvalue weighted by Crippen LogP contribution is -2.22. The van der Waals surface area contributed by atoms with Crippen LogP contribution < -0.4 is 0 Å². The molecule has 0 aliphatic carbocycles. The molecule has 0 unspecified atom stereocenters. The topological polar surface area (TPSA) is 108 Å². The van der Waals surface area contributed by atoms with Crippen LogP contribution >= 0.6 is 11.6 Å². The maximum Gasteiger partial charge on any atom is 0.317 e. The van der Waals surface area contributed by atoms with Crippen molar-refractivity contribution in [3.63, 3.8) is 0 Å². The minimum Gasteiger partial charge on any atom is -0.506 e. The zero-order chi connectivity index (χ0) is 16.7. The average molecular weight is 326 g/mol. The largest absolute Gasteiger partial charge is 0.506 e. The fourth-order valence-corrected chi connectivity index (χ4v) is 1.98. The molecular formula is C15H16ClNO5. The number of aromatic nitrogens is 1. The van der Waals surface area contributed by atoms with E-state index in [1.807, 2.05) is 6.07 Å². The van der Waals surface area contributed by atoms with E-state index in [-0.39, 0.29) is 12.2 Å². The Labute approximate surface area is 132 Å². The predicted molar refractivity (Wildman–Crippen MR) is 82.1 cm³/mol. The fourth-order valence-electron chi connectivity index (χ4n) is 1.76. The normalized spacial score (nSPS) is 10.1. The number of halogens is 1. The molecule has 0 saturated carbocycles. The maximum atomic E-state index is 10.2. The number of carbonyl (C=O) groups is 2. The quantitative estimate of drug-likeness (QED) is 0.745. The molecule has 2 aromatic rings. The van der Waals surface area contributed by atoms with E-state index in [1.165, 1.54) is 6.07 Å². The van der Waals surface area contributed by atoms with Crippen LogP contribution in [0.25, 0.3) is 10.9 Å². The molecule has 0 fully saturated rings. The zero-order valence-corrected chi connectivity index (χ0v) is 12.6. The van der Waals surface area contributed by atoms with Gasteiger partial charge in [0, 0.05) is 11.6 Å². The lowest BCUT2D eigenvalue weighted by molar-refractivity contribution is -0.154. The minimum atomic E-state index is -1.26. The van der Waals surface area contributed by atoms with E-state index in [0.29, 0.717) is 17.0 Å². The van der Waals surface area contributed by atoms with E-state index < -0.39 is 17.9 Å². The SMILES string of the molecule is CCCC(C(=O)O)C(=O)O.Oc1ccc(Cl)c2cccnc12.